The third kappa shape index (κ3) is 3.87. The molecule has 0 aromatic heterocycles. The van der Waals surface area contributed by atoms with Crippen LogP contribution >= 0.6 is 0 Å². The van der Waals surface area contributed by atoms with Crippen LogP contribution in [0.5, 0.6) is 5.75 Å². The lowest BCUT2D eigenvalue weighted by molar-refractivity contribution is 0.197. The number of benzene rings is 1. The Morgan fingerprint density at radius 1 is 1.32 bits per heavy atom. The number of ether oxygens (including phenoxy) is 1. The van der Waals surface area contributed by atoms with Crippen LogP contribution in [0.2, 0.25) is 0 Å². The first-order valence-corrected chi connectivity index (χ1v) is 7.90. The number of carbonyl (C=O) groups is 1. The van der Waals surface area contributed by atoms with Gasteiger partial charge in [0, 0.05) is 0 Å². The van der Waals surface area contributed by atoms with E-state index in [2.05, 4.69) is 0 Å². The molecule has 22 heavy (non-hydrogen) atoms. The first kappa shape index (κ1) is 17.7. The van der Waals surface area contributed by atoms with Crippen molar-refractivity contribution in [2.75, 3.05) is 7.11 Å². The second kappa shape index (κ2) is 6.64. The molecule has 0 aliphatic rings. The van der Waals surface area contributed by atoms with Crippen molar-refractivity contribution in [2.24, 2.45) is 0 Å². The van der Waals surface area contributed by atoms with Gasteiger partial charge in [-0.3, -0.25) is 5.32 Å². The number of hydrogen-bond donors (Lipinski definition) is 2. The monoisotopic (exact) mass is 327 g/mol. The van der Waals surface area contributed by atoms with Crippen LogP contribution < -0.4 is 10.1 Å². The number of sulfone groups is 1. The van der Waals surface area contributed by atoms with Crippen molar-refractivity contribution < 1.29 is 27.9 Å². The van der Waals surface area contributed by atoms with E-state index in [-0.39, 0.29) is 5.75 Å². The summed E-state index contributed by atoms with van der Waals surface area (Å²) in [6, 6.07) is 6.40. The van der Waals surface area contributed by atoms with Crippen molar-refractivity contribution in [3.63, 3.8) is 0 Å². The lowest BCUT2D eigenvalue weighted by Gasteiger charge is -2.25. The minimum atomic E-state index is -3.86. The van der Waals surface area contributed by atoms with Gasteiger partial charge < -0.3 is 9.84 Å². The summed E-state index contributed by atoms with van der Waals surface area (Å²) in [7, 11) is -2.36. The predicted molar refractivity (Wildman–Crippen MR) is 80.1 cm³/mol. The van der Waals surface area contributed by atoms with Crippen molar-refractivity contribution in [1.29, 1.82) is 0 Å². The molecule has 2 N–H and O–H groups in total. The van der Waals surface area contributed by atoms with E-state index in [1.165, 1.54) is 26.9 Å². The van der Waals surface area contributed by atoms with Gasteiger partial charge in [-0.05, 0) is 31.5 Å². The number of methoxy groups -OCH3 is 1. The largest absolute Gasteiger partial charge is 0.497 e. The molecule has 0 heterocycles. The molecule has 1 aromatic carbocycles. The van der Waals surface area contributed by atoms with Crippen LogP contribution in [0, 0.1) is 0 Å². The highest BCUT2D eigenvalue weighted by atomic mass is 32.2. The summed E-state index contributed by atoms with van der Waals surface area (Å²) in [4.78, 5) is 21.6. The molecule has 0 fully saturated rings. The van der Waals surface area contributed by atoms with E-state index >= 15 is 0 Å². The Hall–Kier alpha value is -2.31. The molecule has 0 saturated carbocycles. The minimum absolute atomic E-state index is 0.351. The van der Waals surface area contributed by atoms with Gasteiger partial charge >= 0.3 is 6.09 Å². The summed E-state index contributed by atoms with van der Waals surface area (Å²) in [6.45, 7) is 2.50. The van der Waals surface area contributed by atoms with Gasteiger partial charge in [-0.25, -0.2) is 18.0 Å². The maximum Gasteiger partial charge on any atom is 0.409 e. The fourth-order valence-corrected chi connectivity index (χ4v) is 3.08. The Labute approximate surface area is 128 Å². The first-order chi connectivity index (χ1) is 10.1. The third-order valence-corrected chi connectivity index (χ3v) is 5.70. The first-order valence-electron chi connectivity index (χ1n) is 6.25. The molecule has 120 valence electrons. The zero-order valence-corrected chi connectivity index (χ0v) is 13.2. The van der Waals surface area contributed by atoms with Crippen LogP contribution in [-0.4, -0.2) is 37.4 Å². The van der Waals surface area contributed by atoms with Crippen LogP contribution in [0.4, 0.5) is 4.79 Å². The molecule has 0 saturated heterocycles. The van der Waals surface area contributed by atoms with Crippen molar-refractivity contribution in [3.05, 3.63) is 35.5 Å². The molecule has 0 radical (unpaired) electrons. The van der Waals surface area contributed by atoms with Gasteiger partial charge in [0.05, 0.1) is 12.9 Å². The second-order valence-electron chi connectivity index (χ2n) is 5.02. The lowest BCUT2D eigenvalue weighted by atomic mass is 10.1. The Bertz CT molecular complexity index is 699. The van der Waals surface area contributed by atoms with Crippen LogP contribution in [0.3, 0.4) is 0 Å². The summed E-state index contributed by atoms with van der Waals surface area (Å²) >= 11 is 0. The van der Waals surface area contributed by atoms with E-state index in [9.17, 15) is 18.0 Å². The number of amides is 1. The standard InChI is InChI=1S/C14H17NO6S/c1-14(2,12(8-16)15-13(17)18)22(19,20)9-10-4-6-11(21-3)7-5-10/h4-7,15H,9H2,1-3H3,(H,17,18). The molecular weight excluding hydrogens is 310 g/mol. The summed E-state index contributed by atoms with van der Waals surface area (Å²) < 4.78 is 28.3. The van der Waals surface area contributed by atoms with Crippen molar-refractivity contribution >= 4 is 21.9 Å². The average Bonchev–Trinajstić information content (AvgIpc) is 2.44. The highest BCUT2D eigenvalue weighted by molar-refractivity contribution is 7.92. The zero-order valence-electron chi connectivity index (χ0n) is 12.4. The van der Waals surface area contributed by atoms with Gasteiger partial charge in [-0.15, -0.1) is 0 Å². The zero-order chi connectivity index (χ0) is 17.0. The Morgan fingerprint density at radius 3 is 2.27 bits per heavy atom. The predicted octanol–water partition coefficient (Wildman–Crippen LogP) is 1.37. The maximum absolute atomic E-state index is 12.5. The summed E-state index contributed by atoms with van der Waals surface area (Å²) in [5, 5.41) is 10.5. The topological polar surface area (TPSA) is 110 Å². The second-order valence-corrected chi connectivity index (χ2v) is 7.56. The van der Waals surface area contributed by atoms with Crippen LogP contribution in [-0.2, 0) is 20.4 Å². The molecule has 0 spiro atoms. The van der Waals surface area contributed by atoms with Gasteiger partial charge in [-0.1, -0.05) is 12.1 Å². The SMILES string of the molecule is COc1ccc(CS(=O)(=O)C(C)(C)C(=C=O)NC(=O)O)cc1. The number of rotatable bonds is 6. The molecule has 1 aromatic rings. The highest BCUT2D eigenvalue weighted by Crippen LogP contribution is 2.27. The molecule has 0 unspecified atom stereocenters. The third-order valence-electron chi connectivity index (χ3n) is 3.23. The fourth-order valence-electron chi connectivity index (χ4n) is 1.68. The van der Waals surface area contributed by atoms with Gasteiger partial charge in [0.1, 0.15) is 22.1 Å². The number of hydrogen-bond acceptors (Lipinski definition) is 5. The molecule has 8 heteroatoms. The fraction of sp³-hybridized carbons (Fsp3) is 0.357. The van der Waals surface area contributed by atoms with E-state index in [1.54, 1.807) is 29.6 Å². The number of carbonyl (C=O) groups excluding carboxylic acids is 1. The van der Waals surface area contributed by atoms with Gasteiger partial charge in [0.25, 0.3) is 0 Å². The number of carboxylic acid groups (broad SMARTS) is 1. The molecule has 1 amide bonds. The van der Waals surface area contributed by atoms with Crippen LogP contribution in [0.25, 0.3) is 0 Å². The highest BCUT2D eigenvalue weighted by Gasteiger charge is 2.40. The van der Waals surface area contributed by atoms with E-state index in [4.69, 9.17) is 9.84 Å². The average molecular weight is 327 g/mol. The van der Waals surface area contributed by atoms with E-state index in [0.717, 1.165) is 0 Å². The van der Waals surface area contributed by atoms with E-state index in [0.29, 0.717) is 11.3 Å². The maximum atomic E-state index is 12.5. The van der Waals surface area contributed by atoms with E-state index < -0.39 is 26.4 Å². The Kier molecular flexibility index (Phi) is 5.35. The Morgan fingerprint density at radius 2 is 1.86 bits per heavy atom. The van der Waals surface area contributed by atoms with Crippen LogP contribution in [0.15, 0.2) is 30.0 Å². The lowest BCUT2D eigenvalue weighted by Crippen LogP contribution is -2.42. The summed E-state index contributed by atoms with van der Waals surface area (Å²) in [5.74, 6) is 1.59. The van der Waals surface area contributed by atoms with Gasteiger partial charge in [-0.2, -0.15) is 0 Å². The van der Waals surface area contributed by atoms with Crippen molar-refractivity contribution in [2.45, 2.75) is 24.3 Å². The molecular formula is C14H17NO6S. The number of nitrogens with one attached hydrogen (secondary N) is 1. The van der Waals surface area contributed by atoms with Crippen molar-refractivity contribution in [3.8, 4) is 5.75 Å². The quantitative estimate of drug-likeness (QED) is 0.764. The smallest absolute Gasteiger partial charge is 0.409 e. The molecule has 0 bridgehead atoms. The Balaban J connectivity index is 3.09. The van der Waals surface area contributed by atoms with Crippen molar-refractivity contribution in [1.82, 2.24) is 5.32 Å². The molecule has 0 atom stereocenters. The molecule has 1 rings (SSSR count). The summed E-state index contributed by atoms with van der Waals surface area (Å²) in [6.07, 6.45) is -1.52. The minimum Gasteiger partial charge on any atom is -0.497 e. The van der Waals surface area contributed by atoms with E-state index in [1.807, 2.05) is 0 Å². The molecule has 7 nitrogen and oxygen atoms in total. The van der Waals surface area contributed by atoms with Gasteiger partial charge in [0.2, 0.25) is 0 Å². The van der Waals surface area contributed by atoms with Crippen LogP contribution in [0.1, 0.15) is 19.4 Å². The molecule has 0 aliphatic heterocycles. The van der Waals surface area contributed by atoms with Gasteiger partial charge in [0.15, 0.2) is 9.84 Å². The summed E-state index contributed by atoms with van der Waals surface area (Å²) in [5.41, 5.74) is -0.0528. The normalized spacial score (nSPS) is 11.4. The molecule has 0 aliphatic carbocycles.